The summed E-state index contributed by atoms with van der Waals surface area (Å²) >= 11 is 3.17. The van der Waals surface area contributed by atoms with Gasteiger partial charge in [0.15, 0.2) is 5.82 Å². The highest BCUT2D eigenvalue weighted by atomic mass is 79.9. The molecule has 1 heterocycles. The molecule has 0 spiro atoms. The Morgan fingerprint density at radius 3 is 2.56 bits per heavy atom. The molecule has 0 saturated carbocycles. The van der Waals surface area contributed by atoms with Gasteiger partial charge in [0.2, 0.25) is 0 Å². The molecular formula is C12H16BrFN2O2. The third-order valence-corrected chi connectivity index (χ3v) is 2.51. The summed E-state index contributed by atoms with van der Waals surface area (Å²) in [6.07, 6.45) is -0.612. The number of ether oxygens (including phenoxy) is 1. The number of nitrogens with zero attached hydrogens (tertiary/aromatic N) is 2. The van der Waals surface area contributed by atoms with Crippen molar-refractivity contribution in [3.63, 3.8) is 0 Å². The minimum atomic E-state index is -0.624. The van der Waals surface area contributed by atoms with Crippen molar-refractivity contribution in [3.05, 3.63) is 22.2 Å². The molecule has 0 atom stereocenters. The first kappa shape index (κ1) is 14.9. The Kier molecular flexibility index (Phi) is 4.32. The molecule has 100 valence electrons. The number of halogens is 2. The Morgan fingerprint density at radius 1 is 1.50 bits per heavy atom. The summed E-state index contributed by atoms with van der Waals surface area (Å²) in [4.78, 5) is 16.9. The molecule has 1 aromatic rings. The van der Waals surface area contributed by atoms with E-state index in [0.29, 0.717) is 4.60 Å². The highest BCUT2D eigenvalue weighted by Gasteiger charge is 2.23. The molecule has 0 bridgehead atoms. The molecule has 1 aromatic heterocycles. The summed E-state index contributed by atoms with van der Waals surface area (Å²) in [6, 6.07) is 1.44. The minimum absolute atomic E-state index is 0.128. The second kappa shape index (κ2) is 5.22. The lowest BCUT2D eigenvalue weighted by Gasteiger charge is -2.25. The third-order valence-electron chi connectivity index (χ3n) is 2.10. The van der Waals surface area contributed by atoms with Crippen molar-refractivity contribution >= 4 is 27.7 Å². The van der Waals surface area contributed by atoms with Crippen LogP contribution >= 0.6 is 15.9 Å². The van der Waals surface area contributed by atoms with Crippen LogP contribution in [-0.4, -0.2) is 23.7 Å². The summed E-state index contributed by atoms with van der Waals surface area (Å²) in [5.41, 5.74) is -0.278. The average molecular weight is 319 g/mol. The second-order valence-corrected chi connectivity index (χ2v) is 5.72. The largest absolute Gasteiger partial charge is 0.443 e. The Morgan fingerprint density at radius 2 is 2.06 bits per heavy atom. The quantitative estimate of drug-likeness (QED) is 0.742. The number of amides is 1. The lowest BCUT2D eigenvalue weighted by molar-refractivity contribution is 0.0588. The van der Waals surface area contributed by atoms with Crippen LogP contribution in [0.2, 0.25) is 0 Å². The molecule has 1 amide bonds. The summed E-state index contributed by atoms with van der Waals surface area (Å²) in [5, 5.41) is 0. The summed E-state index contributed by atoms with van der Waals surface area (Å²) in [7, 11) is 1.46. The molecule has 0 unspecified atom stereocenters. The maximum Gasteiger partial charge on any atom is 0.414 e. The summed E-state index contributed by atoms with van der Waals surface area (Å²) < 4.78 is 19.5. The normalized spacial score (nSPS) is 11.3. The van der Waals surface area contributed by atoms with Crippen molar-refractivity contribution in [2.24, 2.45) is 0 Å². The Labute approximate surface area is 114 Å². The van der Waals surface area contributed by atoms with Crippen molar-refractivity contribution < 1.29 is 13.9 Å². The van der Waals surface area contributed by atoms with Gasteiger partial charge in [-0.2, -0.15) is 0 Å². The van der Waals surface area contributed by atoms with Crippen molar-refractivity contribution in [3.8, 4) is 0 Å². The maximum absolute atomic E-state index is 13.9. The molecule has 6 heteroatoms. The van der Waals surface area contributed by atoms with Crippen LogP contribution in [0.1, 0.15) is 26.5 Å². The second-order valence-electron chi connectivity index (χ2n) is 4.90. The average Bonchev–Trinajstić information content (AvgIpc) is 2.19. The fourth-order valence-electron chi connectivity index (χ4n) is 1.28. The Hall–Kier alpha value is -1.17. The third kappa shape index (κ3) is 3.66. The van der Waals surface area contributed by atoms with Gasteiger partial charge in [-0.15, -0.1) is 0 Å². The van der Waals surface area contributed by atoms with Crippen molar-refractivity contribution in [1.29, 1.82) is 0 Å². The van der Waals surface area contributed by atoms with Gasteiger partial charge in [-0.05, 0) is 49.7 Å². The van der Waals surface area contributed by atoms with Gasteiger partial charge < -0.3 is 4.74 Å². The molecule has 0 aromatic carbocycles. The highest BCUT2D eigenvalue weighted by molar-refractivity contribution is 9.10. The van der Waals surface area contributed by atoms with Gasteiger partial charge in [0.05, 0.1) is 11.4 Å². The van der Waals surface area contributed by atoms with E-state index in [0.717, 1.165) is 4.90 Å². The van der Waals surface area contributed by atoms with E-state index in [1.54, 1.807) is 20.8 Å². The van der Waals surface area contributed by atoms with Crippen molar-refractivity contribution in [1.82, 2.24) is 4.98 Å². The standard InChI is InChI=1S/C12H16BrFN2O2/c1-7-10(14)8(6-9(13)15-7)16(5)11(17)18-12(2,3)4/h6H,1-5H3. The summed E-state index contributed by atoms with van der Waals surface area (Å²) in [5.74, 6) is -0.536. The van der Waals surface area contributed by atoms with E-state index >= 15 is 0 Å². The number of rotatable bonds is 1. The number of carbonyl (C=O) groups excluding carboxylic acids is 1. The van der Waals surface area contributed by atoms with Crippen molar-refractivity contribution in [2.45, 2.75) is 33.3 Å². The van der Waals surface area contributed by atoms with Gasteiger partial charge >= 0.3 is 6.09 Å². The van der Waals surface area contributed by atoms with E-state index in [2.05, 4.69) is 20.9 Å². The smallest absolute Gasteiger partial charge is 0.414 e. The molecule has 0 aliphatic heterocycles. The van der Waals surface area contributed by atoms with Gasteiger partial charge in [-0.1, -0.05) is 0 Å². The van der Waals surface area contributed by atoms with Crippen LogP contribution in [-0.2, 0) is 4.74 Å². The molecule has 0 aliphatic rings. The first-order chi connectivity index (χ1) is 8.11. The number of aromatic nitrogens is 1. The monoisotopic (exact) mass is 318 g/mol. The van der Waals surface area contributed by atoms with Crippen LogP contribution in [0.15, 0.2) is 10.7 Å². The van der Waals surface area contributed by atoms with Gasteiger partial charge in [-0.25, -0.2) is 14.2 Å². The molecule has 4 nitrogen and oxygen atoms in total. The van der Waals surface area contributed by atoms with Crippen LogP contribution < -0.4 is 4.90 Å². The molecule has 0 aliphatic carbocycles. The number of hydrogen-bond donors (Lipinski definition) is 0. The topological polar surface area (TPSA) is 42.4 Å². The zero-order valence-electron chi connectivity index (χ0n) is 11.0. The van der Waals surface area contributed by atoms with E-state index in [4.69, 9.17) is 4.74 Å². The van der Waals surface area contributed by atoms with Crippen LogP contribution in [0.25, 0.3) is 0 Å². The number of aryl methyl sites for hydroxylation is 1. The molecule has 0 fully saturated rings. The number of pyridine rings is 1. The van der Waals surface area contributed by atoms with Gasteiger partial charge in [0.25, 0.3) is 0 Å². The fraction of sp³-hybridized carbons (Fsp3) is 0.500. The van der Waals surface area contributed by atoms with E-state index < -0.39 is 17.5 Å². The van der Waals surface area contributed by atoms with Crippen LogP contribution in [0.4, 0.5) is 14.9 Å². The first-order valence-electron chi connectivity index (χ1n) is 5.41. The van der Waals surface area contributed by atoms with Crippen LogP contribution in [0.3, 0.4) is 0 Å². The molecular weight excluding hydrogens is 303 g/mol. The number of carbonyl (C=O) groups is 1. The SMILES string of the molecule is Cc1nc(Br)cc(N(C)C(=O)OC(C)(C)C)c1F. The van der Waals surface area contributed by atoms with E-state index in [1.165, 1.54) is 20.0 Å². The molecule has 0 saturated heterocycles. The van der Waals surface area contributed by atoms with Gasteiger partial charge in [0, 0.05) is 7.05 Å². The fourth-order valence-corrected chi connectivity index (χ4v) is 1.76. The number of anilines is 1. The Balaban J connectivity index is 3.04. The highest BCUT2D eigenvalue weighted by Crippen LogP contribution is 2.25. The molecule has 18 heavy (non-hydrogen) atoms. The number of hydrogen-bond acceptors (Lipinski definition) is 3. The molecule has 1 rings (SSSR count). The van der Waals surface area contributed by atoms with E-state index in [1.807, 2.05) is 0 Å². The molecule has 0 radical (unpaired) electrons. The zero-order valence-corrected chi connectivity index (χ0v) is 12.6. The van der Waals surface area contributed by atoms with E-state index in [9.17, 15) is 9.18 Å². The van der Waals surface area contributed by atoms with Crippen molar-refractivity contribution in [2.75, 3.05) is 11.9 Å². The Bertz CT molecular complexity index is 472. The van der Waals surface area contributed by atoms with E-state index in [-0.39, 0.29) is 11.4 Å². The van der Waals surface area contributed by atoms with Crippen LogP contribution in [0.5, 0.6) is 0 Å². The molecule has 0 N–H and O–H groups in total. The minimum Gasteiger partial charge on any atom is -0.443 e. The van der Waals surface area contributed by atoms with Crippen LogP contribution in [0, 0.1) is 12.7 Å². The maximum atomic E-state index is 13.9. The zero-order chi connectivity index (χ0) is 14.1. The predicted molar refractivity (Wildman–Crippen MR) is 71.3 cm³/mol. The lowest BCUT2D eigenvalue weighted by Crippen LogP contribution is -2.34. The summed E-state index contributed by atoms with van der Waals surface area (Å²) in [6.45, 7) is 6.79. The lowest BCUT2D eigenvalue weighted by atomic mass is 10.2. The van der Waals surface area contributed by atoms with Gasteiger partial charge in [-0.3, -0.25) is 4.90 Å². The first-order valence-corrected chi connectivity index (χ1v) is 6.20. The predicted octanol–water partition coefficient (Wildman–Crippen LogP) is 3.66. The van der Waals surface area contributed by atoms with Gasteiger partial charge in [0.1, 0.15) is 10.2 Å².